The Balaban J connectivity index is 1.87. The van der Waals surface area contributed by atoms with Crippen LogP contribution in [-0.4, -0.2) is 30.2 Å². The molecule has 0 amide bonds. The average molecular weight is 304 g/mol. The van der Waals surface area contributed by atoms with E-state index in [2.05, 4.69) is 25.5 Å². The van der Waals surface area contributed by atoms with Crippen molar-refractivity contribution in [3.05, 3.63) is 16.8 Å². The van der Waals surface area contributed by atoms with E-state index in [-0.39, 0.29) is 0 Å². The molecule has 1 aliphatic carbocycles. The largest absolute Gasteiger partial charge is 0.229 e. The monoisotopic (exact) mass is 304 g/mol. The Kier molecular flexibility index (Phi) is 2.92. The topological polar surface area (TPSA) is 69.4 Å². The maximum Gasteiger partial charge on any atom is 0.215 e. The molecule has 0 saturated carbocycles. The summed E-state index contributed by atoms with van der Waals surface area (Å²) in [4.78, 5) is 11.5. The summed E-state index contributed by atoms with van der Waals surface area (Å²) >= 11 is 3.32. The second-order valence-electron chi connectivity index (χ2n) is 4.76. The quantitative estimate of drug-likeness (QED) is 0.676. The highest BCUT2D eigenvalue weighted by Gasteiger charge is 2.21. The highest BCUT2D eigenvalue weighted by Crippen LogP contribution is 2.40. The molecule has 0 aromatic carbocycles. The molecule has 0 N–H and O–H groups in total. The number of aromatic nitrogens is 6. The first-order valence-electron chi connectivity index (χ1n) is 6.48. The molecule has 0 unspecified atom stereocenters. The van der Waals surface area contributed by atoms with Crippen LogP contribution in [0.3, 0.4) is 0 Å². The fourth-order valence-electron chi connectivity index (χ4n) is 2.53. The van der Waals surface area contributed by atoms with E-state index in [0.29, 0.717) is 0 Å². The zero-order valence-electron chi connectivity index (χ0n) is 10.9. The van der Waals surface area contributed by atoms with E-state index < -0.39 is 0 Å². The minimum Gasteiger partial charge on any atom is -0.229 e. The summed E-state index contributed by atoms with van der Waals surface area (Å²) in [6.45, 7) is 0. The molecular weight excluding hydrogens is 292 g/mol. The van der Waals surface area contributed by atoms with Gasteiger partial charge in [0.05, 0.1) is 0 Å². The molecule has 0 radical (unpaired) electrons. The van der Waals surface area contributed by atoms with Crippen LogP contribution in [0.2, 0.25) is 0 Å². The van der Waals surface area contributed by atoms with E-state index in [1.807, 2.05) is 18.4 Å². The maximum atomic E-state index is 4.45. The van der Waals surface area contributed by atoms with Gasteiger partial charge in [-0.05, 0) is 53.4 Å². The SMILES string of the molecule is Cn1nnnc1Sc1ncnc2sc3c(c12)CCCC3. The third kappa shape index (κ3) is 1.90. The molecule has 4 rings (SSSR count). The van der Waals surface area contributed by atoms with Crippen LogP contribution in [0.15, 0.2) is 16.5 Å². The molecule has 0 aliphatic heterocycles. The number of rotatable bonds is 2. The molecule has 3 aromatic heterocycles. The number of nitrogens with zero attached hydrogens (tertiary/aromatic N) is 6. The van der Waals surface area contributed by atoms with Crippen molar-refractivity contribution in [1.82, 2.24) is 30.2 Å². The summed E-state index contributed by atoms with van der Waals surface area (Å²) in [7, 11) is 1.84. The third-order valence-electron chi connectivity index (χ3n) is 3.49. The van der Waals surface area contributed by atoms with Crippen LogP contribution in [0.4, 0.5) is 0 Å². The predicted octanol–water partition coefficient (Wildman–Crippen LogP) is 2.24. The highest BCUT2D eigenvalue weighted by molar-refractivity contribution is 7.99. The van der Waals surface area contributed by atoms with E-state index >= 15 is 0 Å². The van der Waals surface area contributed by atoms with Gasteiger partial charge in [-0.2, -0.15) is 0 Å². The van der Waals surface area contributed by atoms with Crippen molar-refractivity contribution in [1.29, 1.82) is 0 Å². The predicted molar refractivity (Wildman–Crippen MR) is 77.0 cm³/mol. The van der Waals surface area contributed by atoms with Crippen molar-refractivity contribution in [3.8, 4) is 0 Å². The molecule has 3 heterocycles. The summed E-state index contributed by atoms with van der Waals surface area (Å²) in [6, 6.07) is 0. The summed E-state index contributed by atoms with van der Waals surface area (Å²) < 4.78 is 1.66. The van der Waals surface area contributed by atoms with Crippen LogP contribution in [0.5, 0.6) is 0 Å². The zero-order chi connectivity index (χ0) is 13.5. The van der Waals surface area contributed by atoms with Crippen molar-refractivity contribution in [2.75, 3.05) is 0 Å². The molecule has 20 heavy (non-hydrogen) atoms. The molecule has 1 aliphatic rings. The van der Waals surface area contributed by atoms with Gasteiger partial charge in [0.15, 0.2) is 0 Å². The van der Waals surface area contributed by atoms with E-state index in [9.17, 15) is 0 Å². The second-order valence-corrected chi connectivity index (χ2v) is 6.80. The van der Waals surface area contributed by atoms with Crippen LogP contribution in [-0.2, 0) is 19.9 Å². The van der Waals surface area contributed by atoms with Gasteiger partial charge in [-0.25, -0.2) is 14.6 Å². The van der Waals surface area contributed by atoms with E-state index in [1.54, 1.807) is 11.0 Å². The van der Waals surface area contributed by atoms with Crippen molar-refractivity contribution < 1.29 is 0 Å². The molecule has 102 valence electrons. The van der Waals surface area contributed by atoms with Gasteiger partial charge in [0.25, 0.3) is 0 Å². The fourth-order valence-corrected chi connectivity index (χ4v) is 4.67. The third-order valence-corrected chi connectivity index (χ3v) is 5.72. The summed E-state index contributed by atoms with van der Waals surface area (Å²) in [5.41, 5.74) is 1.44. The number of hydrogen-bond donors (Lipinski definition) is 0. The van der Waals surface area contributed by atoms with Gasteiger partial charge in [0.1, 0.15) is 16.2 Å². The first kappa shape index (κ1) is 12.2. The average Bonchev–Trinajstić information content (AvgIpc) is 3.03. The Morgan fingerprint density at radius 1 is 1.25 bits per heavy atom. The lowest BCUT2D eigenvalue weighted by Gasteiger charge is -2.11. The van der Waals surface area contributed by atoms with Crippen LogP contribution in [0.1, 0.15) is 23.3 Å². The zero-order valence-corrected chi connectivity index (χ0v) is 12.5. The molecule has 3 aromatic rings. The van der Waals surface area contributed by atoms with Gasteiger partial charge in [-0.3, -0.25) is 0 Å². The lowest BCUT2D eigenvalue weighted by molar-refractivity contribution is 0.664. The van der Waals surface area contributed by atoms with Crippen LogP contribution < -0.4 is 0 Å². The molecule has 0 atom stereocenters. The van der Waals surface area contributed by atoms with Gasteiger partial charge in [0, 0.05) is 17.3 Å². The van der Waals surface area contributed by atoms with Crippen molar-refractivity contribution in [3.63, 3.8) is 0 Å². The lowest BCUT2D eigenvalue weighted by Crippen LogP contribution is -1.99. The Labute approximate surface area is 123 Å². The Morgan fingerprint density at radius 2 is 2.15 bits per heavy atom. The highest BCUT2D eigenvalue weighted by atomic mass is 32.2. The van der Waals surface area contributed by atoms with E-state index in [4.69, 9.17) is 0 Å². The van der Waals surface area contributed by atoms with Crippen molar-refractivity contribution in [2.24, 2.45) is 7.05 Å². The van der Waals surface area contributed by atoms with Crippen LogP contribution in [0, 0.1) is 0 Å². The van der Waals surface area contributed by atoms with Crippen molar-refractivity contribution in [2.45, 2.75) is 35.9 Å². The number of thiophene rings is 1. The molecule has 0 spiro atoms. The van der Waals surface area contributed by atoms with Gasteiger partial charge in [-0.1, -0.05) is 0 Å². The minimum atomic E-state index is 0.751. The van der Waals surface area contributed by atoms with Crippen molar-refractivity contribution >= 4 is 33.3 Å². The molecule has 8 heteroatoms. The Morgan fingerprint density at radius 3 is 3.00 bits per heavy atom. The number of tetrazole rings is 1. The van der Waals surface area contributed by atoms with Crippen LogP contribution in [0.25, 0.3) is 10.2 Å². The maximum absolute atomic E-state index is 4.45. The summed E-state index contributed by atoms with van der Waals surface area (Å²) in [5, 5.41) is 14.5. The lowest BCUT2D eigenvalue weighted by atomic mass is 9.97. The number of hydrogen-bond acceptors (Lipinski definition) is 7. The number of fused-ring (bicyclic) bond motifs is 3. The molecule has 6 nitrogen and oxygen atoms in total. The first-order chi connectivity index (χ1) is 9.83. The van der Waals surface area contributed by atoms with E-state index in [1.165, 1.54) is 46.9 Å². The van der Waals surface area contributed by atoms with Gasteiger partial charge < -0.3 is 0 Å². The summed E-state index contributed by atoms with van der Waals surface area (Å²) in [5.74, 6) is 0. The molecule has 0 fully saturated rings. The van der Waals surface area contributed by atoms with Gasteiger partial charge in [0.2, 0.25) is 5.16 Å². The van der Waals surface area contributed by atoms with Gasteiger partial charge in [-0.15, -0.1) is 16.4 Å². The fraction of sp³-hybridized carbons (Fsp3) is 0.417. The van der Waals surface area contributed by atoms with Crippen LogP contribution >= 0.6 is 23.1 Å². The summed E-state index contributed by atoms with van der Waals surface area (Å²) in [6.07, 6.45) is 6.47. The Hall–Kier alpha value is -1.54. The van der Waals surface area contributed by atoms with Gasteiger partial charge >= 0.3 is 0 Å². The second kappa shape index (κ2) is 4.78. The minimum absolute atomic E-state index is 0.751. The first-order valence-corrected chi connectivity index (χ1v) is 8.11. The standard InChI is InChI=1S/C12H12N6S2/c1-18-12(15-16-17-18)20-11-9-7-4-2-3-5-8(7)19-10(9)13-6-14-11/h6H,2-5H2,1H3. The normalized spacial score (nSPS) is 14.7. The molecular formula is C12H12N6S2. The smallest absolute Gasteiger partial charge is 0.215 e. The molecule has 0 bridgehead atoms. The number of aryl methyl sites for hydroxylation is 3. The Bertz CT molecular complexity index is 777. The molecule has 0 saturated heterocycles. The van der Waals surface area contributed by atoms with E-state index in [0.717, 1.165) is 21.4 Å².